The highest BCUT2D eigenvalue weighted by atomic mass is 16.6. The number of cyclic esters (lactones) is 1. The van der Waals surface area contributed by atoms with Crippen LogP contribution in [-0.4, -0.2) is 23.5 Å². The summed E-state index contributed by atoms with van der Waals surface area (Å²) in [5, 5.41) is 0. The van der Waals surface area contributed by atoms with Crippen LogP contribution in [0.15, 0.2) is 91.0 Å². The molecule has 1 aliphatic heterocycles. The fourth-order valence-corrected chi connectivity index (χ4v) is 4.50. The SMILES string of the molecule is CC(C)C(CC(=O)N1C(=O)OCC1(c1ccccc1)c1ccccc1)c1ccccc1. The number of ether oxygens (including phenoxy) is 1. The summed E-state index contributed by atoms with van der Waals surface area (Å²) in [7, 11) is 0. The second-order valence-electron chi connectivity index (χ2n) is 8.34. The second-order valence-corrected chi connectivity index (χ2v) is 8.34. The van der Waals surface area contributed by atoms with Crippen molar-refractivity contribution in [3.63, 3.8) is 0 Å². The van der Waals surface area contributed by atoms with Gasteiger partial charge in [-0.15, -0.1) is 0 Å². The lowest BCUT2D eigenvalue weighted by molar-refractivity contribution is -0.131. The summed E-state index contributed by atoms with van der Waals surface area (Å²) in [6, 6.07) is 29.4. The average molecular weight is 414 g/mol. The highest BCUT2D eigenvalue weighted by Crippen LogP contribution is 2.42. The van der Waals surface area contributed by atoms with Gasteiger partial charge >= 0.3 is 6.09 Å². The molecule has 1 heterocycles. The van der Waals surface area contributed by atoms with Crippen LogP contribution in [0.3, 0.4) is 0 Å². The first-order valence-corrected chi connectivity index (χ1v) is 10.7. The number of benzene rings is 3. The molecule has 0 spiro atoms. The number of rotatable bonds is 6. The van der Waals surface area contributed by atoms with E-state index in [2.05, 4.69) is 13.8 Å². The maximum Gasteiger partial charge on any atom is 0.417 e. The maximum absolute atomic E-state index is 13.7. The molecule has 1 atom stereocenters. The van der Waals surface area contributed by atoms with Gasteiger partial charge in [0.1, 0.15) is 12.1 Å². The molecular formula is C27H27NO3. The fourth-order valence-electron chi connectivity index (χ4n) is 4.50. The van der Waals surface area contributed by atoms with Crippen molar-refractivity contribution in [3.8, 4) is 0 Å². The lowest BCUT2D eigenvalue weighted by atomic mass is 9.81. The van der Waals surface area contributed by atoms with Crippen molar-refractivity contribution in [2.75, 3.05) is 6.61 Å². The van der Waals surface area contributed by atoms with E-state index in [9.17, 15) is 9.59 Å². The van der Waals surface area contributed by atoms with Gasteiger partial charge in [-0.3, -0.25) is 4.79 Å². The summed E-state index contributed by atoms with van der Waals surface area (Å²) >= 11 is 0. The van der Waals surface area contributed by atoms with E-state index in [1.807, 2.05) is 91.0 Å². The van der Waals surface area contributed by atoms with Crippen LogP contribution in [-0.2, 0) is 15.1 Å². The minimum atomic E-state index is -0.977. The standard InChI is InChI=1S/C27H27NO3/c1-20(2)24(21-12-6-3-7-13-21)18-25(29)28-26(30)31-19-27(28,22-14-8-4-9-15-22)23-16-10-5-11-17-23/h3-17,20,24H,18-19H2,1-2H3. The molecule has 1 saturated heterocycles. The Morgan fingerprint density at radius 3 is 1.84 bits per heavy atom. The molecule has 4 nitrogen and oxygen atoms in total. The van der Waals surface area contributed by atoms with E-state index in [0.29, 0.717) is 0 Å². The van der Waals surface area contributed by atoms with Crippen LogP contribution in [0.2, 0.25) is 0 Å². The fraction of sp³-hybridized carbons (Fsp3) is 0.259. The number of amides is 2. The van der Waals surface area contributed by atoms with Crippen molar-refractivity contribution in [3.05, 3.63) is 108 Å². The molecule has 0 aromatic heterocycles. The van der Waals surface area contributed by atoms with E-state index in [0.717, 1.165) is 16.7 Å². The van der Waals surface area contributed by atoms with Gasteiger partial charge in [0.15, 0.2) is 0 Å². The maximum atomic E-state index is 13.7. The molecule has 4 rings (SSSR count). The predicted octanol–water partition coefficient (Wildman–Crippen LogP) is 5.74. The van der Waals surface area contributed by atoms with Crippen LogP contribution in [0.1, 0.15) is 42.9 Å². The van der Waals surface area contributed by atoms with Crippen molar-refractivity contribution in [2.24, 2.45) is 5.92 Å². The Morgan fingerprint density at radius 2 is 1.35 bits per heavy atom. The minimum Gasteiger partial charge on any atom is -0.446 e. The van der Waals surface area contributed by atoms with Crippen LogP contribution in [0, 0.1) is 5.92 Å². The molecule has 158 valence electrons. The largest absolute Gasteiger partial charge is 0.446 e. The third-order valence-electron chi connectivity index (χ3n) is 6.15. The highest BCUT2D eigenvalue weighted by Gasteiger charge is 2.53. The summed E-state index contributed by atoms with van der Waals surface area (Å²) < 4.78 is 5.53. The molecular weight excluding hydrogens is 386 g/mol. The van der Waals surface area contributed by atoms with Crippen LogP contribution in [0.25, 0.3) is 0 Å². The van der Waals surface area contributed by atoms with Gasteiger partial charge in [-0.1, -0.05) is 105 Å². The smallest absolute Gasteiger partial charge is 0.417 e. The van der Waals surface area contributed by atoms with Gasteiger partial charge in [0.05, 0.1) is 0 Å². The second kappa shape index (κ2) is 8.76. The number of carbonyl (C=O) groups excluding carboxylic acids is 2. The highest BCUT2D eigenvalue weighted by molar-refractivity contribution is 5.95. The van der Waals surface area contributed by atoms with Crippen molar-refractivity contribution in [1.82, 2.24) is 4.90 Å². The zero-order chi connectivity index (χ0) is 21.8. The third kappa shape index (κ3) is 3.86. The normalized spacial score (nSPS) is 16.2. The van der Waals surface area contributed by atoms with Gasteiger partial charge in [0.2, 0.25) is 5.91 Å². The van der Waals surface area contributed by atoms with E-state index >= 15 is 0 Å². The first-order chi connectivity index (χ1) is 15.0. The molecule has 3 aromatic rings. The van der Waals surface area contributed by atoms with E-state index < -0.39 is 11.6 Å². The van der Waals surface area contributed by atoms with E-state index in [1.54, 1.807) is 0 Å². The lowest BCUT2D eigenvalue weighted by Gasteiger charge is -2.36. The topological polar surface area (TPSA) is 46.6 Å². The Morgan fingerprint density at radius 1 is 0.871 bits per heavy atom. The third-order valence-corrected chi connectivity index (χ3v) is 6.15. The Balaban J connectivity index is 1.77. The summed E-state index contributed by atoms with van der Waals surface area (Å²) in [5.41, 5.74) is 1.85. The van der Waals surface area contributed by atoms with Gasteiger partial charge in [-0.2, -0.15) is 0 Å². The lowest BCUT2D eigenvalue weighted by Crippen LogP contribution is -2.49. The van der Waals surface area contributed by atoms with Crippen LogP contribution >= 0.6 is 0 Å². The molecule has 0 radical (unpaired) electrons. The van der Waals surface area contributed by atoms with Crippen molar-refractivity contribution in [1.29, 1.82) is 0 Å². The Hall–Kier alpha value is -3.40. The average Bonchev–Trinajstić information content (AvgIpc) is 3.17. The van der Waals surface area contributed by atoms with Gasteiger partial charge in [-0.25, -0.2) is 9.69 Å². The summed E-state index contributed by atoms with van der Waals surface area (Å²) in [5.74, 6) is 0.0249. The Labute approximate surface area is 183 Å². The Kier molecular flexibility index (Phi) is 5.90. The number of carbonyl (C=O) groups is 2. The van der Waals surface area contributed by atoms with Crippen LogP contribution in [0.4, 0.5) is 4.79 Å². The van der Waals surface area contributed by atoms with Gasteiger partial charge in [-0.05, 0) is 28.5 Å². The zero-order valence-electron chi connectivity index (χ0n) is 17.9. The first kappa shape index (κ1) is 20.9. The minimum absolute atomic E-state index is 0.00588. The molecule has 1 unspecified atom stereocenters. The molecule has 2 amide bonds. The van der Waals surface area contributed by atoms with E-state index in [4.69, 9.17) is 4.74 Å². The van der Waals surface area contributed by atoms with Crippen LogP contribution in [0.5, 0.6) is 0 Å². The van der Waals surface area contributed by atoms with Crippen LogP contribution < -0.4 is 0 Å². The number of hydrogen-bond acceptors (Lipinski definition) is 3. The predicted molar refractivity (Wildman–Crippen MR) is 120 cm³/mol. The Bertz CT molecular complexity index is 992. The molecule has 1 fully saturated rings. The van der Waals surface area contributed by atoms with E-state index in [1.165, 1.54) is 4.90 Å². The van der Waals surface area contributed by atoms with Gasteiger partial charge < -0.3 is 4.74 Å². The summed E-state index contributed by atoms with van der Waals surface area (Å²) in [4.78, 5) is 28.0. The molecule has 0 aliphatic carbocycles. The number of imide groups is 1. The van der Waals surface area contributed by atoms with Crippen molar-refractivity contribution in [2.45, 2.75) is 31.7 Å². The number of nitrogens with zero attached hydrogens (tertiary/aromatic N) is 1. The summed E-state index contributed by atoms with van der Waals surface area (Å²) in [6.07, 6.45) is -0.355. The molecule has 0 bridgehead atoms. The monoisotopic (exact) mass is 413 g/mol. The molecule has 3 aromatic carbocycles. The molecule has 0 N–H and O–H groups in total. The van der Waals surface area contributed by atoms with E-state index in [-0.39, 0.29) is 30.8 Å². The molecule has 31 heavy (non-hydrogen) atoms. The number of hydrogen-bond donors (Lipinski definition) is 0. The molecule has 4 heteroatoms. The zero-order valence-corrected chi connectivity index (χ0v) is 17.9. The molecule has 1 aliphatic rings. The van der Waals surface area contributed by atoms with Crippen molar-refractivity contribution >= 4 is 12.0 Å². The van der Waals surface area contributed by atoms with Crippen molar-refractivity contribution < 1.29 is 14.3 Å². The van der Waals surface area contributed by atoms with Gasteiger partial charge in [0, 0.05) is 6.42 Å². The summed E-state index contributed by atoms with van der Waals surface area (Å²) in [6.45, 7) is 4.31. The quantitative estimate of drug-likeness (QED) is 0.518. The first-order valence-electron chi connectivity index (χ1n) is 10.7. The molecule has 0 saturated carbocycles. The van der Waals surface area contributed by atoms with Gasteiger partial charge in [0.25, 0.3) is 0 Å².